The van der Waals surface area contributed by atoms with Crippen LogP contribution in [0, 0.1) is 6.92 Å². The Balaban J connectivity index is 1.46. The third-order valence-corrected chi connectivity index (χ3v) is 7.07. The van der Waals surface area contributed by atoms with Crippen molar-refractivity contribution in [3.63, 3.8) is 0 Å². The number of benzene rings is 3. The second-order valence-electron chi connectivity index (χ2n) is 7.18. The smallest absolute Gasteiger partial charge is 0.243 e. The molecular weight excluding hydrogens is 356 g/mol. The van der Waals surface area contributed by atoms with E-state index in [1.165, 1.54) is 11.1 Å². The molecule has 4 rings (SSSR count). The predicted octanol–water partition coefficient (Wildman–Crippen LogP) is 3.65. The van der Waals surface area contributed by atoms with E-state index in [1.54, 1.807) is 16.4 Å². The van der Waals surface area contributed by atoms with Crippen molar-refractivity contribution in [1.82, 2.24) is 9.21 Å². The first-order valence-electron chi connectivity index (χ1n) is 9.29. The lowest BCUT2D eigenvalue weighted by molar-refractivity contribution is 0.181. The summed E-state index contributed by atoms with van der Waals surface area (Å²) in [5.74, 6) is 0. The molecule has 0 atom stereocenters. The Morgan fingerprint density at radius 2 is 1.56 bits per heavy atom. The maximum Gasteiger partial charge on any atom is 0.243 e. The van der Waals surface area contributed by atoms with Crippen molar-refractivity contribution in [3.05, 3.63) is 77.9 Å². The van der Waals surface area contributed by atoms with E-state index < -0.39 is 10.0 Å². The molecule has 0 bridgehead atoms. The molecule has 0 spiro atoms. The Bertz CT molecular complexity index is 1050. The van der Waals surface area contributed by atoms with Crippen molar-refractivity contribution in [2.75, 3.05) is 26.2 Å². The van der Waals surface area contributed by atoms with Crippen molar-refractivity contribution in [2.24, 2.45) is 0 Å². The zero-order valence-electron chi connectivity index (χ0n) is 15.5. The van der Waals surface area contributed by atoms with Crippen LogP contribution in [0.2, 0.25) is 0 Å². The van der Waals surface area contributed by atoms with Crippen LogP contribution in [0.3, 0.4) is 0 Å². The fourth-order valence-electron chi connectivity index (χ4n) is 3.67. The molecule has 0 saturated carbocycles. The van der Waals surface area contributed by atoms with Gasteiger partial charge in [-0.3, -0.25) is 4.90 Å². The zero-order valence-corrected chi connectivity index (χ0v) is 16.3. The van der Waals surface area contributed by atoms with E-state index in [0.717, 1.165) is 30.4 Å². The highest BCUT2D eigenvalue weighted by Crippen LogP contribution is 2.23. The second-order valence-corrected chi connectivity index (χ2v) is 9.12. The molecule has 4 nitrogen and oxygen atoms in total. The van der Waals surface area contributed by atoms with Gasteiger partial charge in [0.25, 0.3) is 0 Å². The molecule has 3 aromatic carbocycles. The number of hydrogen-bond acceptors (Lipinski definition) is 3. The predicted molar refractivity (Wildman–Crippen MR) is 109 cm³/mol. The molecule has 27 heavy (non-hydrogen) atoms. The molecule has 1 saturated heterocycles. The molecule has 0 aliphatic carbocycles. The van der Waals surface area contributed by atoms with E-state index in [4.69, 9.17) is 0 Å². The summed E-state index contributed by atoms with van der Waals surface area (Å²) in [7, 11) is -3.45. The van der Waals surface area contributed by atoms with Gasteiger partial charge < -0.3 is 0 Å². The fourth-order valence-corrected chi connectivity index (χ4v) is 5.13. The first-order chi connectivity index (χ1) is 13.0. The van der Waals surface area contributed by atoms with Crippen LogP contribution in [0.15, 0.2) is 71.6 Å². The Labute approximate surface area is 161 Å². The first-order valence-corrected chi connectivity index (χ1v) is 10.7. The van der Waals surface area contributed by atoms with Crippen LogP contribution < -0.4 is 0 Å². The van der Waals surface area contributed by atoms with Crippen molar-refractivity contribution in [2.45, 2.75) is 18.4 Å². The Kier molecular flexibility index (Phi) is 5.00. The lowest BCUT2D eigenvalue weighted by Crippen LogP contribution is -2.48. The van der Waals surface area contributed by atoms with Gasteiger partial charge in [-0.05, 0) is 35.4 Å². The van der Waals surface area contributed by atoms with Gasteiger partial charge in [-0.25, -0.2) is 8.42 Å². The van der Waals surface area contributed by atoms with Gasteiger partial charge in [-0.15, -0.1) is 0 Å². The van der Waals surface area contributed by atoms with Crippen molar-refractivity contribution in [3.8, 4) is 0 Å². The van der Waals surface area contributed by atoms with Crippen LogP contribution in [0.1, 0.15) is 11.1 Å². The normalized spacial score (nSPS) is 16.6. The van der Waals surface area contributed by atoms with Crippen LogP contribution in [-0.4, -0.2) is 43.8 Å². The van der Waals surface area contributed by atoms with Crippen molar-refractivity contribution >= 4 is 20.8 Å². The molecule has 0 N–H and O–H groups in total. The average molecular weight is 381 g/mol. The highest BCUT2D eigenvalue weighted by molar-refractivity contribution is 7.89. The lowest BCUT2D eigenvalue weighted by atomic mass is 10.1. The molecule has 0 radical (unpaired) electrons. The van der Waals surface area contributed by atoms with E-state index in [9.17, 15) is 8.42 Å². The highest BCUT2D eigenvalue weighted by Gasteiger charge is 2.28. The van der Waals surface area contributed by atoms with Gasteiger partial charge in [-0.2, -0.15) is 4.31 Å². The fraction of sp³-hybridized carbons (Fsp3) is 0.273. The average Bonchev–Trinajstić information content (AvgIpc) is 2.68. The Morgan fingerprint density at radius 3 is 2.30 bits per heavy atom. The monoisotopic (exact) mass is 380 g/mol. The number of rotatable bonds is 4. The highest BCUT2D eigenvalue weighted by atomic mass is 32.2. The number of nitrogens with zero attached hydrogens (tertiary/aromatic N) is 2. The van der Waals surface area contributed by atoms with Crippen LogP contribution in [0.4, 0.5) is 0 Å². The largest absolute Gasteiger partial charge is 0.296 e. The van der Waals surface area contributed by atoms with E-state index >= 15 is 0 Å². The van der Waals surface area contributed by atoms with E-state index in [-0.39, 0.29) is 0 Å². The lowest BCUT2D eigenvalue weighted by Gasteiger charge is -2.34. The van der Waals surface area contributed by atoms with E-state index in [2.05, 4.69) is 36.1 Å². The standard InChI is InChI=1S/C22H24N2O2S/c1-18-5-4-6-19(15-18)17-23-11-13-24(14-12-23)27(25,26)22-10-9-20-7-2-3-8-21(20)16-22/h2-10,15-16H,11-14,17H2,1H3. The van der Waals surface area contributed by atoms with Gasteiger partial charge in [0.05, 0.1) is 4.90 Å². The molecular formula is C22H24N2O2S. The minimum atomic E-state index is -3.45. The topological polar surface area (TPSA) is 40.6 Å². The van der Waals surface area contributed by atoms with Gasteiger partial charge in [-0.1, -0.05) is 60.2 Å². The molecule has 1 fully saturated rings. The summed E-state index contributed by atoms with van der Waals surface area (Å²) in [6, 6.07) is 21.7. The quantitative estimate of drug-likeness (QED) is 0.694. The molecule has 1 heterocycles. The number of piperazine rings is 1. The minimum absolute atomic E-state index is 0.383. The molecule has 1 aliphatic heterocycles. The van der Waals surface area contributed by atoms with Gasteiger partial charge in [0.2, 0.25) is 10.0 Å². The number of sulfonamides is 1. The summed E-state index contributed by atoms with van der Waals surface area (Å²) >= 11 is 0. The number of fused-ring (bicyclic) bond motifs is 1. The zero-order chi connectivity index (χ0) is 18.9. The third kappa shape index (κ3) is 3.90. The molecule has 5 heteroatoms. The summed E-state index contributed by atoms with van der Waals surface area (Å²) in [6.45, 7) is 5.52. The van der Waals surface area contributed by atoms with Crippen molar-refractivity contribution in [1.29, 1.82) is 0 Å². The van der Waals surface area contributed by atoms with Crippen LogP contribution >= 0.6 is 0 Å². The summed E-state index contributed by atoms with van der Waals surface area (Å²) in [5, 5.41) is 2.01. The van der Waals surface area contributed by atoms with E-state index in [0.29, 0.717) is 18.0 Å². The van der Waals surface area contributed by atoms with E-state index in [1.807, 2.05) is 30.3 Å². The molecule has 3 aromatic rings. The first kappa shape index (κ1) is 18.2. The molecule has 0 amide bonds. The molecule has 140 valence electrons. The third-order valence-electron chi connectivity index (χ3n) is 5.18. The Hall–Kier alpha value is -2.21. The van der Waals surface area contributed by atoms with Gasteiger partial charge in [0.15, 0.2) is 0 Å². The Morgan fingerprint density at radius 1 is 0.815 bits per heavy atom. The molecule has 1 aliphatic rings. The van der Waals surface area contributed by atoms with Crippen molar-refractivity contribution < 1.29 is 8.42 Å². The number of hydrogen-bond donors (Lipinski definition) is 0. The molecule has 0 unspecified atom stereocenters. The SMILES string of the molecule is Cc1cccc(CN2CCN(S(=O)(=O)c3ccc4ccccc4c3)CC2)c1. The summed E-state index contributed by atoms with van der Waals surface area (Å²) in [5.41, 5.74) is 2.53. The minimum Gasteiger partial charge on any atom is -0.296 e. The second kappa shape index (κ2) is 7.43. The number of aryl methyl sites for hydroxylation is 1. The summed E-state index contributed by atoms with van der Waals surface area (Å²) in [6.07, 6.45) is 0. The van der Waals surface area contributed by atoms with Gasteiger partial charge in [0, 0.05) is 32.7 Å². The summed E-state index contributed by atoms with van der Waals surface area (Å²) < 4.78 is 27.7. The maximum atomic E-state index is 13.0. The van der Waals surface area contributed by atoms with Crippen LogP contribution in [0.25, 0.3) is 10.8 Å². The van der Waals surface area contributed by atoms with Gasteiger partial charge >= 0.3 is 0 Å². The van der Waals surface area contributed by atoms with Crippen LogP contribution in [-0.2, 0) is 16.6 Å². The van der Waals surface area contributed by atoms with Gasteiger partial charge in [0.1, 0.15) is 0 Å². The summed E-state index contributed by atoms with van der Waals surface area (Å²) in [4.78, 5) is 2.70. The maximum absolute atomic E-state index is 13.0. The molecule has 0 aromatic heterocycles. The van der Waals surface area contributed by atoms with Crippen LogP contribution in [0.5, 0.6) is 0 Å².